The summed E-state index contributed by atoms with van der Waals surface area (Å²) in [6, 6.07) is 10.1. The van der Waals surface area contributed by atoms with Crippen LogP contribution in [0.4, 0.5) is 0 Å². The minimum atomic E-state index is 0.165. The van der Waals surface area contributed by atoms with E-state index in [4.69, 9.17) is 10.5 Å². The third kappa shape index (κ3) is 3.80. The molecule has 0 spiro atoms. The first-order valence-electron chi connectivity index (χ1n) is 6.62. The lowest BCUT2D eigenvalue weighted by Crippen LogP contribution is -2.21. The first-order valence-corrected chi connectivity index (χ1v) is 6.62. The molecule has 1 aromatic carbocycles. The Morgan fingerprint density at radius 2 is 2.16 bits per heavy atom. The van der Waals surface area contributed by atoms with Gasteiger partial charge in [0.05, 0.1) is 6.20 Å². The molecule has 1 heterocycles. The molecule has 0 aliphatic heterocycles. The number of ether oxygens (including phenoxy) is 1. The van der Waals surface area contributed by atoms with Crippen molar-refractivity contribution in [3.63, 3.8) is 0 Å². The van der Waals surface area contributed by atoms with Crippen LogP contribution >= 0.6 is 0 Å². The molecule has 2 N–H and O–H groups in total. The van der Waals surface area contributed by atoms with Crippen LogP contribution in [0.15, 0.2) is 42.7 Å². The number of hydrogen-bond acceptors (Lipinski definition) is 3. The molecule has 0 fully saturated rings. The average molecular weight is 256 g/mol. The third-order valence-corrected chi connectivity index (χ3v) is 3.08. The van der Waals surface area contributed by atoms with Gasteiger partial charge in [-0.15, -0.1) is 0 Å². The number of hydrogen-bond donors (Lipinski definition) is 1. The van der Waals surface area contributed by atoms with E-state index in [2.05, 4.69) is 24.9 Å². The molecule has 2 aromatic rings. The lowest BCUT2D eigenvalue weighted by Gasteiger charge is -2.14. The summed E-state index contributed by atoms with van der Waals surface area (Å²) in [5.74, 6) is 1.61. The fourth-order valence-corrected chi connectivity index (χ4v) is 1.93. The Kier molecular flexibility index (Phi) is 4.53. The number of rotatable bonds is 5. The van der Waals surface area contributed by atoms with Crippen molar-refractivity contribution in [1.29, 1.82) is 0 Å². The highest BCUT2D eigenvalue weighted by molar-refractivity contribution is 5.40. The van der Waals surface area contributed by atoms with Crippen LogP contribution in [0.1, 0.15) is 24.5 Å². The second-order valence-electron chi connectivity index (χ2n) is 4.77. The first kappa shape index (κ1) is 13.6. The Labute approximate surface area is 114 Å². The lowest BCUT2D eigenvalue weighted by molar-refractivity contribution is 0.469. The molecule has 100 valence electrons. The molecule has 19 heavy (non-hydrogen) atoms. The van der Waals surface area contributed by atoms with Crippen LogP contribution in [-0.2, 0) is 6.42 Å². The number of nitrogens with zero attached hydrogens (tertiary/aromatic N) is 1. The first-order chi connectivity index (χ1) is 9.19. The minimum absolute atomic E-state index is 0.165. The molecule has 0 saturated heterocycles. The van der Waals surface area contributed by atoms with E-state index in [-0.39, 0.29) is 6.04 Å². The summed E-state index contributed by atoms with van der Waals surface area (Å²) in [5.41, 5.74) is 8.42. The van der Waals surface area contributed by atoms with E-state index in [1.54, 1.807) is 12.4 Å². The highest BCUT2D eigenvalue weighted by Gasteiger charge is 2.09. The highest BCUT2D eigenvalue weighted by Crippen LogP contribution is 2.26. The van der Waals surface area contributed by atoms with Crippen LogP contribution in [0.25, 0.3) is 0 Å². The number of aromatic nitrogens is 1. The lowest BCUT2D eigenvalue weighted by atomic mass is 10.0. The maximum atomic E-state index is 6.05. The van der Waals surface area contributed by atoms with E-state index in [9.17, 15) is 0 Å². The van der Waals surface area contributed by atoms with Gasteiger partial charge in [0, 0.05) is 12.2 Å². The Morgan fingerprint density at radius 1 is 1.32 bits per heavy atom. The molecule has 0 bridgehead atoms. The van der Waals surface area contributed by atoms with Crippen molar-refractivity contribution < 1.29 is 4.74 Å². The molecule has 0 amide bonds. The standard InChI is InChI=1S/C16H20N2O/c1-3-14(17)10-13-9-12(2)6-7-16(13)19-15-5-4-8-18-11-15/h4-9,11,14H,3,10,17H2,1-2H3. The molecular formula is C16H20N2O. The normalized spacial score (nSPS) is 12.2. The van der Waals surface area contributed by atoms with Gasteiger partial charge in [0.15, 0.2) is 0 Å². The van der Waals surface area contributed by atoms with Gasteiger partial charge in [-0.25, -0.2) is 0 Å². The monoisotopic (exact) mass is 256 g/mol. The second-order valence-corrected chi connectivity index (χ2v) is 4.77. The molecule has 0 aliphatic rings. The van der Waals surface area contributed by atoms with Gasteiger partial charge in [-0.3, -0.25) is 4.98 Å². The fourth-order valence-electron chi connectivity index (χ4n) is 1.93. The predicted molar refractivity (Wildman–Crippen MR) is 77.5 cm³/mol. The van der Waals surface area contributed by atoms with Crippen molar-refractivity contribution in [2.24, 2.45) is 5.73 Å². The Bertz CT molecular complexity index is 526. The molecule has 3 nitrogen and oxygen atoms in total. The van der Waals surface area contributed by atoms with E-state index in [1.165, 1.54) is 5.56 Å². The van der Waals surface area contributed by atoms with E-state index >= 15 is 0 Å². The zero-order valence-electron chi connectivity index (χ0n) is 11.5. The Morgan fingerprint density at radius 3 is 2.84 bits per heavy atom. The van der Waals surface area contributed by atoms with Gasteiger partial charge in [0.2, 0.25) is 0 Å². The molecule has 1 aromatic heterocycles. The topological polar surface area (TPSA) is 48.1 Å². The number of aryl methyl sites for hydroxylation is 1. The van der Waals surface area contributed by atoms with Crippen LogP contribution in [-0.4, -0.2) is 11.0 Å². The van der Waals surface area contributed by atoms with Crippen LogP contribution in [0.5, 0.6) is 11.5 Å². The van der Waals surface area contributed by atoms with E-state index in [1.807, 2.05) is 24.3 Å². The zero-order valence-corrected chi connectivity index (χ0v) is 11.5. The van der Waals surface area contributed by atoms with Crippen LogP contribution in [0, 0.1) is 6.92 Å². The summed E-state index contributed by atoms with van der Waals surface area (Å²) in [4.78, 5) is 4.06. The summed E-state index contributed by atoms with van der Waals surface area (Å²) in [6.45, 7) is 4.18. The number of nitrogens with two attached hydrogens (primary N) is 1. The van der Waals surface area contributed by atoms with Crippen molar-refractivity contribution in [2.45, 2.75) is 32.7 Å². The second kappa shape index (κ2) is 6.34. The molecule has 2 rings (SSSR count). The summed E-state index contributed by atoms with van der Waals surface area (Å²) < 4.78 is 5.89. The predicted octanol–water partition coefficient (Wildman–Crippen LogP) is 3.46. The largest absolute Gasteiger partial charge is 0.455 e. The molecule has 0 aliphatic carbocycles. The van der Waals surface area contributed by atoms with Crippen molar-refractivity contribution in [1.82, 2.24) is 4.98 Å². The maximum Gasteiger partial charge on any atom is 0.145 e. The van der Waals surface area contributed by atoms with Crippen molar-refractivity contribution in [2.75, 3.05) is 0 Å². The molecule has 1 unspecified atom stereocenters. The minimum Gasteiger partial charge on any atom is -0.455 e. The molecule has 0 radical (unpaired) electrons. The SMILES string of the molecule is CCC(N)Cc1cc(C)ccc1Oc1cccnc1. The highest BCUT2D eigenvalue weighted by atomic mass is 16.5. The summed E-state index contributed by atoms with van der Waals surface area (Å²) in [5, 5.41) is 0. The van der Waals surface area contributed by atoms with E-state index in [0.717, 1.165) is 29.9 Å². The molecule has 0 saturated carbocycles. The number of pyridine rings is 1. The summed E-state index contributed by atoms with van der Waals surface area (Å²) in [7, 11) is 0. The van der Waals surface area contributed by atoms with Crippen molar-refractivity contribution in [3.05, 3.63) is 53.9 Å². The summed E-state index contributed by atoms with van der Waals surface area (Å²) in [6.07, 6.45) is 5.23. The van der Waals surface area contributed by atoms with Crippen LogP contribution < -0.4 is 10.5 Å². The van der Waals surface area contributed by atoms with E-state index < -0.39 is 0 Å². The van der Waals surface area contributed by atoms with Gasteiger partial charge < -0.3 is 10.5 Å². The van der Waals surface area contributed by atoms with Gasteiger partial charge >= 0.3 is 0 Å². The average Bonchev–Trinajstić information content (AvgIpc) is 2.43. The Balaban J connectivity index is 2.24. The van der Waals surface area contributed by atoms with Gasteiger partial charge in [-0.2, -0.15) is 0 Å². The maximum absolute atomic E-state index is 6.05. The van der Waals surface area contributed by atoms with Gasteiger partial charge in [-0.05, 0) is 43.5 Å². The van der Waals surface area contributed by atoms with Gasteiger partial charge in [0.1, 0.15) is 11.5 Å². The van der Waals surface area contributed by atoms with Crippen LogP contribution in [0.2, 0.25) is 0 Å². The molecule has 3 heteroatoms. The van der Waals surface area contributed by atoms with Crippen molar-refractivity contribution in [3.8, 4) is 11.5 Å². The summed E-state index contributed by atoms with van der Waals surface area (Å²) >= 11 is 0. The smallest absolute Gasteiger partial charge is 0.145 e. The molecular weight excluding hydrogens is 236 g/mol. The van der Waals surface area contributed by atoms with Gasteiger partial charge in [-0.1, -0.05) is 24.6 Å². The Hall–Kier alpha value is -1.87. The van der Waals surface area contributed by atoms with Crippen molar-refractivity contribution >= 4 is 0 Å². The van der Waals surface area contributed by atoms with E-state index in [0.29, 0.717) is 0 Å². The quantitative estimate of drug-likeness (QED) is 0.891. The van der Waals surface area contributed by atoms with Gasteiger partial charge in [0.25, 0.3) is 0 Å². The zero-order chi connectivity index (χ0) is 13.7. The number of benzene rings is 1. The third-order valence-electron chi connectivity index (χ3n) is 3.08. The molecule has 1 atom stereocenters. The van der Waals surface area contributed by atoms with Crippen LogP contribution in [0.3, 0.4) is 0 Å². The fraction of sp³-hybridized carbons (Fsp3) is 0.312.